The Labute approximate surface area is 685 Å². The number of rotatable bonds is 9. The maximum Gasteiger partial charge on any atom is 0.115 e. The van der Waals surface area contributed by atoms with Crippen LogP contribution in [0.25, 0.3) is 0 Å². The third-order valence-electron chi connectivity index (χ3n) is 4.90. The van der Waals surface area contributed by atoms with E-state index < -0.39 is 16.8 Å². The van der Waals surface area contributed by atoms with Gasteiger partial charge in [-0.15, -0.1) is 0 Å². The molecule has 0 spiro atoms. The molecule has 15 nitrogen and oxygen atoms in total. The fraction of sp³-hybridized carbons (Fsp3) is 0.705. The topological polar surface area (TPSA) is 303 Å². The Hall–Kier alpha value is 0.151. The van der Waals surface area contributed by atoms with Crippen LogP contribution in [0.5, 0.6) is 17.2 Å². The van der Waals surface area contributed by atoms with Gasteiger partial charge in [-0.05, 0) is 177 Å². The molecule has 3 rings (SSSR count). The van der Waals surface area contributed by atoms with E-state index in [0.29, 0.717) is 74.6 Å². The second kappa shape index (κ2) is 151. The van der Waals surface area contributed by atoms with E-state index >= 15 is 0 Å². The zero-order valence-electron chi connectivity index (χ0n) is 68.9. The van der Waals surface area contributed by atoms with Crippen molar-refractivity contribution in [1.29, 1.82) is 0 Å². The molecule has 0 radical (unpaired) electrons. The molecule has 20 heteroatoms. The molecule has 0 saturated carbocycles. The maximum absolute atomic E-state index is 8.63. The molecule has 0 heterocycles. The molecule has 3 aromatic rings. The summed E-state index contributed by atoms with van der Waals surface area (Å²) < 4.78 is 0. The molecule has 15 N–H and O–H groups in total. The summed E-state index contributed by atoms with van der Waals surface area (Å²) >= 11 is 0. The van der Waals surface area contributed by atoms with Crippen LogP contribution in [0, 0.1) is 52.4 Å². The van der Waals surface area contributed by atoms with E-state index in [4.69, 9.17) is 76.6 Å². The van der Waals surface area contributed by atoms with Crippen LogP contribution in [-0.2, 0) is 109 Å². The second-order valence-corrected chi connectivity index (χ2v) is 24.3. The van der Waals surface area contributed by atoms with Crippen LogP contribution in [0.15, 0.2) is 91.0 Å². The van der Waals surface area contributed by atoms with Gasteiger partial charge in [0.1, 0.15) is 17.2 Å². The summed E-state index contributed by atoms with van der Waals surface area (Å²) in [6.07, 6.45) is 10.6. The molecule has 0 aliphatic heterocycles. The average Bonchev–Trinajstić information content (AvgIpc) is 3.41. The van der Waals surface area contributed by atoms with Gasteiger partial charge >= 0.3 is 0 Å². The van der Waals surface area contributed by atoms with Crippen LogP contribution < -0.4 is 0 Å². The number of phenols is 3. The van der Waals surface area contributed by atoms with Gasteiger partial charge in [-0.3, -0.25) is 0 Å². The smallest absolute Gasteiger partial charge is 0.115 e. The first-order chi connectivity index (χ1) is 42.5. The first kappa shape index (κ1) is 160. The maximum atomic E-state index is 8.63. The molecule has 0 aromatic heterocycles. The van der Waals surface area contributed by atoms with E-state index in [2.05, 4.69) is 55.4 Å². The second-order valence-electron chi connectivity index (χ2n) is 24.3. The van der Waals surface area contributed by atoms with Crippen molar-refractivity contribution in [3.8, 4) is 17.2 Å². The van der Waals surface area contributed by atoms with Crippen molar-refractivity contribution in [2.24, 2.45) is 17.8 Å². The van der Waals surface area contributed by atoms with Crippen LogP contribution >= 0.6 is 0 Å². The predicted octanol–water partition coefficient (Wildman–Crippen LogP) is 18.0. The fourth-order valence-electron chi connectivity index (χ4n) is 1.76. The van der Waals surface area contributed by atoms with E-state index in [0.717, 1.165) is 70.6 Å². The Morgan fingerprint density at radius 1 is 0.286 bits per heavy atom. The Morgan fingerprint density at radius 3 is 0.388 bits per heavy atom. The number of phenolic OH excluding ortho intramolecular Hbond substituents is 3. The molecular formula is C78H167O15Ti5-5. The molecule has 0 saturated heterocycles. The summed E-state index contributed by atoms with van der Waals surface area (Å²) in [6.45, 7) is 73.5. The van der Waals surface area contributed by atoms with Crippen molar-refractivity contribution in [2.75, 3.05) is 39.6 Å². The first-order valence-corrected chi connectivity index (χ1v) is 33.6. The van der Waals surface area contributed by atoms with E-state index in [-0.39, 0.29) is 127 Å². The minimum atomic E-state index is -0.500. The Balaban J connectivity index is -0.0000000311. The van der Waals surface area contributed by atoms with Gasteiger partial charge in [0, 0.05) is 167 Å². The van der Waals surface area contributed by atoms with Crippen LogP contribution in [0.3, 0.4) is 0 Å². The van der Waals surface area contributed by atoms with E-state index in [1.807, 2.05) is 94.4 Å². The molecule has 3 aromatic carbocycles. The third-order valence-corrected chi connectivity index (χ3v) is 4.90. The summed E-state index contributed by atoms with van der Waals surface area (Å²) in [5, 5.41) is 124. The molecule has 0 fully saturated rings. The monoisotopic (exact) mass is 1580 g/mol. The zero-order valence-corrected chi connectivity index (χ0v) is 76.7. The number of unbranched alkanes of at least 4 members (excludes halogenated alkanes) is 3. The quantitative estimate of drug-likeness (QED) is 0.0700. The number of aliphatic hydroxyl groups is 12. The minimum Gasteiger partial charge on any atom is -0.508 e. The van der Waals surface area contributed by atoms with Gasteiger partial charge in [0.15, 0.2) is 0 Å². The molecule has 0 aliphatic carbocycles. The van der Waals surface area contributed by atoms with Crippen molar-refractivity contribution in [2.45, 2.75) is 307 Å². The Morgan fingerprint density at radius 2 is 0.367 bits per heavy atom. The standard InChI is InChI=1S/3C6H6O.9C4H10O.3C3H8O.5C3H7.5Ti/c3*7-6-4-2-1-3-5-6;3*1-4(2,3)5;3*1-4(2)3-5;3*1-2-3-4-5;3*1-3(2)4;5*1-3-2;;;;;/h3*1-5,7H;3*5H,1-3H3;3*4-5H,3H2,1-2H3;3*5H,2-4H2,1H3;3*3-4H,1-2H3;5*1,3H2,2H3;;;;;/q;;;;;;;;;;;;;;;5*-1;;;;;. The van der Waals surface area contributed by atoms with E-state index in [1.165, 1.54) is 0 Å². The summed E-state index contributed by atoms with van der Waals surface area (Å²) in [5.74, 6) is 2.28. The number of hydrogen-bond donors (Lipinski definition) is 15. The Kier molecular flexibility index (Phi) is 246. The summed E-state index contributed by atoms with van der Waals surface area (Å²) in [5.41, 5.74) is -1.50. The SMILES string of the molecule is CC(C)(C)O.CC(C)(C)O.CC(C)(C)O.CC(C)CO.CC(C)CO.CC(C)CO.CC(C)O.CC(C)O.CC(C)O.CCCCO.CCCCO.CCCCO.Oc1ccccc1.Oc1ccccc1.Oc1ccccc1.[CH2-]CC.[CH2-]CC.[CH2-]CC.[CH2-]CC.[CH2-]CC.[Ti].[Ti].[Ti].[Ti].[Ti]. The molecule has 0 aliphatic rings. The summed E-state index contributed by atoms with van der Waals surface area (Å²) in [4.78, 5) is 0. The van der Waals surface area contributed by atoms with Gasteiger partial charge < -0.3 is 111 Å². The Bertz CT molecular complexity index is 1230. The molecule has 0 amide bonds. The van der Waals surface area contributed by atoms with E-state index in [1.54, 1.807) is 177 Å². The molecule has 0 atom stereocenters. The number of aromatic hydroxyl groups is 3. The molecule has 98 heavy (non-hydrogen) atoms. The minimum absolute atomic E-state index is 0. The van der Waals surface area contributed by atoms with E-state index in [9.17, 15) is 0 Å². The predicted molar refractivity (Wildman–Crippen MR) is 412 cm³/mol. The summed E-state index contributed by atoms with van der Waals surface area (Å²) in [7, 11) is 0. The molecular weight excluding hydrogens is 1420 g/mol. The van der Waals surface area contributed by atoms with Gasteiger partial charge in [-0.25, -0.2) is 0 Å². The van der Waals surface area contributed by atoms with Gasteiger partial charge in [-0.1, -0.05) is 171 Å². The summed E-state index contributed by atoms with van der Waals surface area (Å²) in [6, 6.07) is 26.1. The molecule has 0 bridgehead atoms. The normalized spacial score (nSPS) is 8.45. The van der Waals surface area contributed by atoms with Crippen molar-refractivity contribution in [1.82, 2.24) is 0 Å². The number of hydrogen-bond acceptors (Lipinski definition) is 15. The number of benzene rings is 3. The molecule has 594 valence electrons. The van der Waals surface area contributed by atoms with Crippen molar-refractivity contribution in [3.05, 3.63) is 126 Å². The van der Waals surface area contributed by atoms with Crippen molar-refractivity contribution in [3.63, 3.8) is 0 Å². The van der Waals surface area contributed by atoms with Gasteiger partial charge in [0.25, 0.3) is 0 Å². The third kappa shape index (κ3) is 666. The number of aliphatic hydroxyl groups excluding tert-OH is 9. The fourth-order valence-corrected chi connectivity index (χ4v) is 1.76. The zero-order chi connectivity index (χ0) is 78.3. The van der Waals surface area contributed by atoms with Crippen molar-refractivity contribution >= 4 is 0 Å². The van der Waals surface area contributed by atoms with Crippen LogP contribution in [0.1, 0.15) is 271 Å². The number of para-hydroxylation sites is 3. The van der Waals surface area contributed by atoms with Crippen LogP contribution in [-0.4, -0.2) is 151 Å². The van der Waals surface area contributed by atoms with Gasteiger partial charge in [0.05, 0.1) is 16.8 Å². The molecule has 0 unspecified atom stereocenters. The largest absolute Gasteiger partial charge is 0.508 e. The van der Waals surface area contributed by atoms with Gasteiger partial charge in [0.2, 0.25) is 0 Å². The van der Waals surface area contributed by atoms with Crippen LogP contribution in [0.2, 0.25) is 0 Å². The first-order valence-electron chi connectivity index (χ1n) is 33.6. The van der Waals surface area contributed by atoms with Gasteiger partial charge in [-0.2, -0.15) is 32.1 Å². The average molecular weight is 1580 g/mol. The van der Waals surface area contributed by atoms with Crippen molar-refractivity contribution < 1.29 is 185 Å². The van der Waals surface area contributed by atoms with Crippen LogP contribution in [0.4, 0.5) is 0 Å².